The van der Waals surface area contributed by atoms with Crippen molar-refractivity contribution in [3.05, 3.63) is 34.8 Å². The van der Waals surface area contributed by atoms with Crippen LogP contribution in [0.1, 0.15) is 5.56 Å². The van der Waals surface area contributed by atoms with Crippen molar-refractivity contribution in [1.82, 2.24) is 0 Å². The van der Waals surface area contributed by atoms with Crippen LogP contribution in [0.3, 0.4) is 0 Å². The first kappa shape index (κ1) is 10.8. The maximum Gasteiger partial charge on any atom is 0.335 e. The largest absolute Gasteiger partial charge is 0.496 e. The number of aliphatic carboxylic acids is 1. The van der Waals surface area contributed by atoms with Crippen molar-refractivity contribution in [2.24, 2.45) is 0 Å². The molecule has 4 heteroatoms. The molecular formula is C10H9BrO3. The van der Waals surface area contributed by atoms with Crippen LogP contribution in [0.15, 0.2) is 29.3 Å². The van der Waals surface area contributed by atoms with Gasteiger partial charge in [-0.15, -0.1) is 0 Å². The second-order valence-corrected chi connectivity index (χ2v) is 3.54. The molecule has 0 aliphatic rings. The van der Waals surface area contributed by atoms with E-state index in [1.807, 2.05) is 0 Å². The summed E-state index contributed by atoms with van der Waals surface area (Å²) in [6.45, 7) is 3.47. The molecule has 3 nitrogen and oxygen atoms in total. The minimum Gasteiger partial charge on any atom is -0.496 e. The van der Waals surface area contributed by atoms with E-state index in [1.54, 1.807) is 18.2 Å². The van der Waals surface area contributed by atoms with E-state index in [-0.39, 0.29) is 5.57 Å². The van der Waals surface area contributed by atoms with Crippen LogP contribution in [0.4, 0.5) is 0 Å². The van der Waals surface area contributed by atoms with Gasteiger partial charge in [0, 0.05) is 10.0 Å². The van der Waals surface area contributed by atoms with Crippen molar-refractivity contribution < 1.29 is 14.6 Å². The van der Waals surface area contributed by atoms with Crippen LogP contribution in [0.2, 0.25) is 0 Å². The topological polar surface area (TPSA) is 46.5 Å². The Morgan fingerprint density at radius 3 is 2.71 bits per heavy atom. The summed E-state index contributed by atoms with van der Waals surface area (Å²) in [5, 5.41) is 8.78. The molecular weight excluding hydrogens is 248 g/mol. The van der Waals surface area contributed by atoms with Gasteiger partial charge in [-0.1, -0.05) is 22.5 Å². The highest BCUT2D eigenvalue weighted by Gasteiger charge is 2.12. The van der Waals surface area contributed by atoms with Gasteiger partial charge in [0.1, 0.15) is 5.75 Å². The second kappa shape index (κ2) is 4.28. The van der Waals surface area contributed by atoms with Gasteiger partial charge in [0.15, 0.2) is 0 Å². The molecule has 0 bridgehead atoms. The summed E-state index contributed by atoms with van der Waals surface area (Å²) < 4.78 is 5.81. The smallest absolute Gasteiger partial charge is 0.335 e. The fourth-order valence-electron chi connectivity index (χ4n) is 1.03. The van der Waals surface area contributed by atoms with Crippen LogP contribution in [0, 0.1) is 0 Å². The van der Waals surface area contributed by atoms with Gasteiger partial charge < -0.3 is 9.84 Å². The Kier molecular flexibility index (Phi) is 3.30. The SMILES string of the molecule is C=C(C(=O)O)c1cc(Br)ccc1OC. The maximum absolute atomic E-state index is 10.7. The molecule has 0 saturated heterocycles. The third kappa shape index (κ3) is 2.14. The Bertz CT molecular complexity index is 385. The van der Waals surface area contributed by atoms with Crippen molar-refractivity contribution >= 4 is 27.5 Å². The van der Waals surface area contributed by atoms with E-state index in [0.29, 0.717) is 11.3 Å². The molecule has 0 spiro atoms. The van der Waals surface area contributed by atoms with E-state index in [9.17, 15) is 4.79 Å². The summed E-state index contributed by atoms with van der Waals surface area (Å²) in [7, 11) is 1.49. The van der Waals surface area contributed by atoms with Gasteiger partial charge in [0.25, 0.3) is 0 Å². The number of carbonyl (C=O) groups is 1. The predicted molar refractivity (Wildman–Crippen MR) is 57.4 cm³/mol. The number of methoxy groups -OCH3 is 1. The van der Waals surface area contributed by atoms with Gasteiger partial charge in [-0.05, 0) is 18.2 Å². The molecule has 0 aromatic heterocycles. The van der Waals surface area contributed by atoms with Gasteiger partial charge in [0.05, 0.1) is 12.7 Å². The van der Waals surface area contributed by atoms with Crippen LogP contribution >= 0.6 is 15.9 Å². The molecule has 1 aromatic carbocycles. The van der Waals surface area contributed by atoms with Gasteiger partial charge in [-0.2, -0.15) is 0 Å². The molecule has 74 valence electrons. The number of carboxylic acid groups (broad SMARTS) is 1. The molecule has 0 atom stereocenters. The van der Waals surface area contributed by atoms with Gasteiger partial charge in [-0.25, -0.2) is 4.79 Å². The third-order valence-corrected chi connectivity index (χ3v) is 2.24. The molecule has 0 aliphatic carbocycles. The Morgan fingerprint density at radius 2 is 2.21 bits per heavy atom. The van der Waals surface area contributed by atoms with Crippen molar-refractivity contribution in [2.75, 3.05) is 7.11 Å². The zero-order valence-electron chi connectivity index (χ0n) is 7.58. The zero-order chi connectivity index (χ0) is 10.7. The average molecular weight is 257 g/mol. The lowest BCUT2D eigenvalue weighted by Crippen LogP contribution is -2.00. The Balaban J connectivity index is 3.23. The molecule has 0 heterocycles. The second-order valence-electron chi connectivity index (χ2n) is 2.63. The highest BCUT2D eigenvalue weighted by molar-refractivity contribution is 9.10. The number of carboxylic acids is 1. The summed E-state index contributed by atoms with van der Waals surface area (Å²) in [4.78, 5) is 10.7. The molecule has 1 rings (SSSR count). The van der Waals surface area contributed by atoms with Crippen LogP contribution in [0.25, 0.3) is 5.57 Å². The standard InChI is InChI=1S/C10H9BrO3/c1-6(10(12)13)8-5-7(11)3-4-9(8)14-2/h3-5H,1H2,2H3,(H,12,13). The molecule has 0 amide bonds. The first-order chi connectivity index (χ1) is 6.56. The van der Waals surface area contributed by atoms with Crippen molar-refractivity contribution in [3.63, 3.8) is 0 Å². The lowest BCUT2D eigenvalue weighted by molar-refractivity contribution is -0.130. The minimum absolute atomic E-state index is 0.0168. The summed E-state index contributed by atoms with van der Waals surface area (Å²) in [5.74, 6) is -0.554. The first-order valence-corrected chi connectivity index (χ1v) is 4.61. The van der Waals surface area contributed by atoms with E-state index < -0.39 is 5.97 Å². The van der Waals surface area contributed by atoms with E-state index in [4.69, 9.17) is 9.84 Å². The van der Waals surface area contributed by atoms with E-state index in [1.165, 1.54) is 7.11 Å². The number of ether oxygens (including phenoxy) is 1. The number of rotatable bonds is 3. The Hall–Kier alpha value is -1.29. The zero-order valence-corrected chi connectivity index (χ0v) is 9.17. The highest BCUT2D eigenvalue weighted by atomic mass is 79.9. The average Bonchev–Trinajstić information content (AvgIpc) is 2.16. The minimum atomic E-state index is -1.05. The Labute approximate surface area is 90.1 Å². The summed E-state index contributed by atoms with van der Waals surface area (Å²) >= 11 is 3.25. The number of halogens is 1. The van der Waals surface area contributed by atoms with Crippen molar-refractivity contribution in [3.8, 4) is 5.75 Å². The molecule has 0 fully saturated rings. The normalized spacial score (nSPS) is 9.57. The predicted octanol–water partition coefficient (Wildman–Crippen LogP) is 2.56. The van der Waals surface area contributed by atoms with Gasteiger partial charge in [-0.3, -0.25) is 0 Å². The van der Waals surface area contributed by atoms with E-state index in [2.05, 4.69) is 22.5 Å². The fourth-order valence-corrected chi connectivity index (χ4v) is 1.39. The summed E-state index contributed by atoms with van der Waals surface area (Å²) in [5.41, 5.74) is 0.498. The molecule has 1 N–H and O–H groups in total. The first-order valence-electron chi connectivity index (χ1n) is 3.82. The summed E-state index contributed by atoms with van der Waals surface area (Å²) in [6.07, 6.45) is 0. The van der Waals surface area contributed by atoms with Gasteiger partial charge >= 0.3 is 5.97 Å². The third-order valence-electron chi connectivity index (χ3n) is 1.74. The lowest BCUT2D eigenvalue weighted by Gasteiger charge is -2.08. The van der Waals surface area contributed by atoms with Crippen LogP contribution in [0.5, 0.6) is 5.75 Å². The molecule has 0 aliphatic heterocycles. The number of hydrogen-bond acceptors (Lipinski definition) is 2. The van der Waals surface area contributed by atoms with E-state index >= 15 is 0 Å². The van der Waals surface area contributed by atoms with Crippen molar-refractivity contribution in [2.45, 2.75) is 0 Å². The molecule has 0 radical (unpaired) electrons. The lowest BCUT2D eigenvalue weighted by atomic mass is 10.1. The quantitative estimate of drug-likeness (QED) is 0.846. The maximum atomic E-state index is 10.7. The molecule has 0 unspecified atom stereocenters. The monoisotopic (exact) mass is 256 g/mol. The fraction of sp³-hybridized carbons (Fsp3) is 0.100. The van der Waals surface area contributed by atoms with Gasteiger partial charge in [0.2, 0.25) is 0 Å². The highest BCUT2D eigenvalue weighted by Crippen LogP contribution is 2.28. The molecule has 0 saturated carbocycles. The molecule has 1 aromatic rings. The summed E-state index contributed by atoms with van der Waals surface area (Å²) in [6, 6.07) is 5.13. The molecule has 14 heavy (non-hydrogen) atoms. The Morgan fingerprint density at radius 1 is 1.57 bits per heavy atom. The van der Waals surface area contributed by atoms with Crippen LogP contribution < -0.4 is 4.74 Å². The number of benzene rings is 1. The number of hydrogen-bond donors (Lipinski definition) is 1. The van der Waals surface area contributed by atoms with Crippen LogP contribution in [-0.2, 0) is 4.79 Å². The van der Waals surface area contributed by atoms with Crippen molar-refractivity contribution in [1.29, 1.82) is 0 Å². The van der Waals surface area contributed by atoms with Crippen LogP contribution in [-0.4, -0.2) is 18.2 Å². The van der Waals surface area contributed by atoms with E-state index in [0.717, 1.165) is 4.47 Å².